The smallest absolute Gasteiger partial charge is 0.329 e. The zero-order chi connectivity index (χ0) is 15.8. The number of esters is 1. The van der Waals surface area contributed by atoms with Gasteiger partial charge in [0.1, 0.15) is 12.6 Å². The lowest BCUT2D eigenvalue weighted by molar-refractivity contribution is -0.147. The van der Waals surface area contributed by atoms with Crippen LogP contribution in [-0.2, 0) is 16.1 Å². The predicted octanol–water partition coefficient (Wildman–Crippen LogP) is 2.83. The molecule has 0 fully saturated rings. The number of rotatable bonds is 7. The van der Waals surface area contributed by atoms with Crippen molar-refractivity contribution < 1.29 is 14.3 Å². The minimum atomic E-state index is -0.781. The van der Waals surface area contributed by atoms with Crippen molar-refractivity contribution in [2.24, 2.45) is 5.73 Å². The number of carbonyl (C=O) groups is 2. The van der Waals surface area contributed by atoms with E-state index in [0.717, 1.165) is 0 Å². The Morgan fingerprint density at radius 3 is 2.52 bits per heavy atom. The summed E-state index contributed by atoms with van der Waals surface area (Å²) in [6.07, 6.45) is 2.33. The number of ether oxygens (including phenoxy) is 1. The number of urea groups is 1. The summed E-state index contributed by atoms with van der Waals surface area (Å²) in [5.74, 6) is 0.117. The third-order valence-electron chi connectivity index (χ3n) is 2.63. The van der Waals surface area contributed by atoms with E-state index in [1.54, 1.807) is 30.0 Å². The van der Waals surface area contributed by atoms with Crippen LogP contribution in [0.15, 0.2) is 18.2 Å². The van der Waals surface area contributed by atoms with Gasteiger partial charge in [0.15, 0.2) is 0 Å². The molecular formula is C13H16Cl2N2O3S. The Bertz CT molecular complexity index is 494. The van der Waals surface area contributed by atoms with E-state index in [1.807, 2.05) is 6.26 Å². The van der Waals surface area contributed by atoms with Gasteiger partial charge in [0.05, 0.1) is 0 Å². The number of nitrogens with two attached hydrogens (primary N) is 1. The fourth-order valence-electron chi connectivity index (χ4n) is 1.57. The zero-order valence-corrected chi connectivity index (χ0v) is 13.7. The summed E-state index contributed by atoms with van der Waals surface area (Å²) in [5.41, 5.74) is 5.58. The molecule has 0 saturated heterocycles. The molecule has 0 aliphatic carbocycles. The van der Waals surface area contributed by atoms with Crippen molar-refractivity contribution in [1.29, 1.82) is 0 Å². The van der Waals surface area contributed by atoms with Gasteiger partial charge in [-0.2, -0.15) is 11.8 Å². The first-order valence-electron chi connectivity index (χ1n) is 6.10. The summed E-state index contributed by atoms with van der Waals surface area (Å²) in [5, 5.41) is 3.20. The molecule has 21 heavy (non-hydrogen) atoms. The fraction of sp³-hybridized carbons (Fsp3) is 0.385. The largest absolute Gasteiger partial charge is 0.459 e. The van der Waals surface area contributed by atoms with E-state index in [1.165, 1.54) is 0 Å². The summed E-state index contributed by atoms with van der Waals surface area (Å²) < 4.78 is 5.16. The van der Waals surface area contributed by atoms with Gasteiger partial charge in [0.2, 0.25) is 0 Å². The number of nitrogens with one attached hydrogen (secondary N) is 1. The van der Waals surface area contributed by atoms with E-state index < -0.39 is 18.0 Å². The van der Waals surface area contributed by atoms with Crippen LogP contribution in [0.3, 0.4) is 0 Å². The topological polar surface area (TPSA) is 81.4 Å². The second kappa shape index (κ2) is 9.02. The highest BCUT2D eigenvalue weighted by Gasteiger charge is 2.21. The first-order valence-corrected chi connectivity index (χ1v) is 8.25. The van der Waals surface area contributed by atoms with Gasteiger partial charge in [0, 0.05) is 15.6 Å². The molecule has 116 valence electrons. The highest BCUT2D eigenvalue weighted by atomic mass is 35.5. The summed E-state index contributed by atoms with van der Waals surface area (Å²) in [7, 11) is 0. The van der Waals surface area contributed by atoms with Crippen molar-refractivity contribution in [3.05, 3.63) is 33.8 Å². The molecule has 3 N–H and O–H groups in total. The molecule has 0 spiro atoms. The minimum Gasteiger partial charge on any atom is -0.459 e. The minimum absolute atomic E-state index is 0.0620. The van der Waals surface area contributed by atoms with Gasteiger partial charge in [-0.15, -0.1) is 0 Å². The third kappa shape index (κ3) is 6.03. The molecule has 0 aromatic heterocycles. The summed E-state index contributed by atoms with van der Waals surface area (Å²) in [4.78, 5) is 22.9. The molecule has 0 saturated carbocycles. The lowest BCUT2D eigenvalue weighted by Gasteiger charge is -2.16. The Labute approximate surface area is 137 Å². The Kier molecular flexibility index (Phi) is 7.71. The van der Waals surface area contributed by atoms with E-state index in [-0.39, 0.29) is 6.61 Å². The Balaban J connectivity index is 2.66. The SMILES string of the molecule is CSCC[C@@H](NC(N)=O)C(=O)OCc1c(Cl)cccc1Cl. The molecule has 0 unspecified atom stereocenters. The van der Waals surface area contributed by atoms with Crippen LogP contribution in [0.4, 0.5) is 4.79 Å². The van der Waals surface area contributed by atoms with Crippen molar-refractivity contribution in [3.8, 4) is 0 Å². The standard InChI is InChI=1S/C13H16Cl2N2O3S/c1-21-6-5-11(17-13(16)19)12(18)20-7-8-9(14)3-2-4-10(8)15/h2-4,11H,5-7H2,1H3,(H3,16,17,19)/t11-/m1/s1. The maximum absolute atomic E-state index is 12.0. The lowest BCUT2D eigenvalue weighted by atomic mass is 10.2. The molecule has 0 bridgehead atoms. The number of hydrogen-bond acceptors (Lipinski definition) is 4. The number of halogens is 2. The van der Waals surface area contributed by atoms with Crippen LogP contribution in [0.2, 0.25) is 10.0 Å². The molecule has 1 aromatic rings. The monoisotopic (exact) mass is 350 g/mol. The Morgan fingerprint density at radius 1 is 1.38 bits per heavy atom. The fourth-order valence-corrected chi connectivity index (χ4v) is 2.55. The molecule has 1 rings (SSSR count). The number of hydrogen-bond donors (Lipinski definition) is 2. The number of primary amides is 1. The van der Waals surface area contributed by atoms with Crippen LogP contribution in [0.5, 0.6) is 0 Å². The van der Waals surface area contributed by atoms with Gasteiger partial charge in [-0.1, -0.05) is 29.3 Å². The van der Waals surface area contributed by atoms with Crippen molar-refractivity contribution in [2.45, 2.75) is 19.1 Å². The second-order valence-electron chi connectivity index (χ2n) is 4.15. The quantitative estimate of drug-likeness (QED) is 0.740. The van der Waals surface area contributed by atoms with E-state index in [0.29, 0.717) is 27.8 Å². The number of benzene rings is 1. The van der Waals surface area contributed by atoms with Gasteiger partial charge < -0.3 is 15.8 Å². The van der Waals surface area contributed by atoms with Crippen LogP contribution in [0.1, 0.15) is 12.0 Å². The van der Waals surface area contributed by atoms with Crippen molar-refractivity contribution in [3.63, 3.8) is 0 Å². The molecule has 1 atom stereocenters. The molecule has 8 heteroatoms. The molecule has 0 aliphatic rings. The third-order valence-corrected chi connectivity index (χ3v) is 3.98. The van der Waals surface area contributed by atoms with E-state index in [2.05, 4.69) is 5.32 Å². The normalized spacial score (nSPS) is 11.8. The summed E-state index contributed by atoms with van der Waals surface area (Å²) in [6.45, 7) is -0.0620. The van der Waals surface area contributed by atoms with Crippen molar-refractivity contribution in [1.82, 2.24) is 5.32 Å². The first kappa shape index (κ1) is 17.9. The van der Waals surface area contributed by atoms with Gasteiger partial charge in [0.25, 0.3) is 0 Å². The van der Waals surface area contributed by atoms with Crippen LogP contribution < -0.4 is 11.1 Å². The molecular weight excluding hydrogens is 335 g/mol. The van der Waals surface area contributed by atoms with Gasteiger partial charge in [-0.3, -0.25) is 0 Å². The van der Waals surface area contributed by atoms with Gasteiger partial charge >= 0.3 is 12.0 Å². The maximum atomic E-state index is 12.0. The average molecular weight is 351 g/mol. The maximum Gasteiger partial charge on any atom is 0.329 e. The van der Waals surface area contributed by atoms with Gasteiger partial charge in [-0.25, -0.2) is 9.59 Å². The highest BCUT2D eigenvalue weighted by molar-refractivity contribution is 7.98. The van der Waals surface area contributed by atoms with Crippen molar-refractivity contribution >= 4 is 47.0 Å². The average Bonchev–Trinajstić information content (AvgIpc) is 2.42. The first-order chi connectivity index (χ1) is 9.95. The number of thioether (sulfide) groups is 1. The van der Waals surface area contributed by atoms with Crippen LogP contribution in [0.25, 0.3) is 0 Å². The summed E-state index contributed by atoms with van der Waals surface area (Å²) in [6, 6.07) is 3.46. The van der Waals surface area contributed by atoms with Gasteiger partial charge in [-0.05, 0) is 30.6 Å². The summed E-state index contributed by atoms with van der Waals surface area (Å²) >= 11 is 13.5. The number of amides is 2. The highest BCUT2D eigenvalue weighted by Crippen LogP contribution is 2.25. The molecule has 1 aromatic carbocycles. The zero-order valence-electron chi connectivity index (χ0n) is 11.4. The predicted molar refractivity (Wildman–Crippen MR) is 85.8 cm³/mol. The van der Waals surface area contributed by atoms with E-state index >= 15 is 0 Å². The lowest BCUT2D eigenvalue weighted by Crippen LogP contribution is -2.44. The van der Waals surface area contributed by atoms with Crippen LogP contribution >= 0.6 is 35.0 Å². The molecule has 0 radical (unpaired) electrons. The Morgan fingerprint density at radius 2 is 2.00 bits per heavy atom. The van der Waals surface area contributed by atoms with E-state index in [4.69, 9.17) is 33.7 Å². The molecule has 0 aliphatic heterocycles. The van der Waals surface area contributed by atoms with Crippen molar-refractivity contribution in [2.75, 3.05) is 12.0 Å². The molecule has 2 amide bonds. The molecule has 0 heterocycles. The molecule has 5 nitrogen and oxygen atoms in total. The van der Waals surface area contributed by atoms with E-state index in [9.17, 15) is 9.59 Å². The second-order valence-corrected chi connectivity index (χ2v) is 5.95. The Hall–Kier alpha value is -1.11. The number of carbonyl (C=O) groups excluding carboxylic acids is 2. The van der Waals surface area contributed by atoms with Crippen LogP contribution in [0, 0.1) is 0 Å². The van der Waals surface area contributed by atoms with Crippen LogP contribution in [-0.4, -0.2) is 30.1 Å².